The standard InChI is InChI=1S/C13H9N3/c1-2-4-10(5-3-1)11-6-12-7-14-9-16-13(12)15-8-11/h1-9H. The van der Waals surface area contributed by atoms with Crippen LogP contribution in [-0.4, -0.2) is 15.0 Å². The summed E-state index contributed by atoms with van der Waals surface area (Å²) in [4.78, 5) is 12.4. The van der Waals surface area contributed by atoms with Gasteiger partial charge in [-0.25, -0.2) is 15.0 Å². The highest BCUT2D eigenvalue weighted by Crippen LogP contribution is 2.20. The minimum Gasteiger partial charge on any atom is -0.244 e. The average molecular weight is 207 g/mol. The Balaban J connectivity index is 2.19. The molecule has 0 radical (unpaired) electrons. The van der Waals surface area contributed by atoms with Crippen molar-refractivity contribution >= 4 is 11.0 Å². The second kappa shape index (κ2) is 3.70. The highest BCUT2D eigenvalue weighted by molar-refractivity contribution is 5.79. The Morgan fingerprint density at radius 3 is 2.56 bits per heavy atom. The number of rotatable bonds is 1. The Kier molecular flexibility index (Phi) is 2.07. The molecule has 0 N–H and O–H groups in total. The van der Waals surface area contributed by atoms with Crippen molar-refractivity contribution in [3.63, 3.8) is 0 Å². The van der Waals surface area contributed by atoms with Crippen LogP contribution < -0.4 is 0 Å². The van der Waals surface area contributed by atoms with Crippen molar-refractivity contribution in [2.75, 3.05) is 0 Å². The first-order valence-electron chi connectivity index (χ1n) is 5.05. The van der Waals surface area contributed by atoms with Gasteiger partial charge in [-0.1, -0.05) is 30.3 Å². The van der Waals surface area contributed by atoms with Crippen LogP contribution in [0.15, 0.2) is 55.1 Å². The van der Waals surface area contributed by atoms with E-state index in [0.717, 1.165) is 22.2 Å². The third-order valence-corrected chi connectivity index (χ3v) is 2.46. The lowest BCUT2D eigenvalue weighted by Crippen LogP contribution is -1.86. The minimum atomic E-state index is 0.731. The summed E-state index contributed by atoms with van der Waals surface area (Å²) in [5.74, 6) is 0. The van der Waals surface area contributed by atoms with Crippen LogP contribution in [0, 0.1) is 0 Å². The van der Waals surface area contributed by atoms with Gasteiger partial charge in [-0.3, -0.25) is 0 Å². The third kappa shape index (κ3) is 1.52. The van der Waals surface area contributed by atoms with Gasteiger partial charge in [-0.05, 0) is 11.6 Å². The maximum absolute atomic E-state index is 4.31. The number of pyridine rings is 1. The lowest BCUT2D eigenvalue weighted by atomic mass is 10.1. The number of hydrogen-bond donors (Lipinski definition) is 0. The monoisotopic (exact) mass is 207 g/mol. The number of nitrogens with zero attached hydrogens (tertiary/aromatic N) is 3. The predicted molar refractivity (Wildman–Crippen MR) is 62.8 cm³/mol. The fourth-order valence-corrected chi connectivity index (χ4v) is 1.67. The normalized spacial score (nSPS) is 10.5. The third-order valence-electron chi connectivity index (χ3n) is 2.46. The van der Waals surface area contributed by atoms with Crippen molar-refractivity contribution < 1.29 is 0 Å². The maximum atomic E-state index is 4.31. The zero-order valence-corrected chi connectivity index (χ0v) is 8.54. The van der Waals surface area contributed by atoms with E-state index in [1.54, 1.807) is 6.20 Å². The number of aromatic nitrogens is 3. The van der Waals surface area contributed by atoms with Crippen molar-refractivity contribution in [1.82, 2.24) is 15.0 Å². The van der Waals surface area contributed by atoms with E-state index in [2.05, 4.69) is 33.2 Å². The zero-order valence-electron chi connectivity index (χ0n) is 8.54. The second-order valence-electron chi connectivity index (χ2n) is 3.53. The Labute approximate surface area is 92.8 Å². The molecule has 76 valence electrons. The summed E-state index contributed by atoms with van der Waals surface area (Å²) in [7, 11) is 0. The van der Waals surface area contributed by atoms with Gasteiger partial charge < -0.3 is 0 Å². The highest BCUT2D eigenvalue weighted by atomic mass is 14.9. The first-order valence-corrected chi connectivity index (χ1v) is 5.05. The molecule has 0 spiro atoms. The van der Waals surface area contributed by atoms with Crippen LogP contribution in [0.4, 0.5) is 0 Å². The van der Waals surface area contributed by atoms with Gasteiger partial charge in [0.1, 0.15) is 6.33 Å². The lowest BCUT2D eigenvalue weighted by Gasteiger charge is -2.01. The summed E-state index contributed by atoms with van der Waals surface area (Å²) in [6, 6.07) is 12.2. The van der Waals surface area contributed by atoms with Gasteiger partial charge in [0.2, 0.25) is 0 Å². The summed E-state index contributed by atoms with van der Waals surface area (Å²) in [6.45, 7) is 0. The van der Waals surface area contributed by atoms with Crippen LogP contribution in [0.2, 0.25) is 0 Å². The predicted octanol–water partition coefficient (Wildman–Crippen LogP) is 2.69. The van der Waals surface area contributed by atoms with Gasteiger partial charge in [0, 0.05) is 23.3 Å². The Morgan fingerprint density at radius 1 is 0.812 bits per heavy atom. The van der Waals surface area contributed by atoms with Gasteiger partial charge in [0.25, 0.3) is 0 Å². The fraction of sp³-hybridized carbons (Fsp3) is 0. The molecule has 16 heavy (non-hydrogen) atoms. The minimum absolute atomic E-state index is 0.731. The number of hydrogen-bond acceptors (Lipinski definition) is 3. The van der Waals surface area contributed by atoms with E-state index < -0.39 is 0 Å². The van der Waals surface area contributed by atoms with Crippen LogP contribution >= 0.6 is 0 Å². The molecule has 0 aliphatic carbocycles. The summed E-state index contributed by atoms with van der Waals surface area (Å²) in [5, 5.41) is 0.962. The quantitative estimate of drug-likeness (QED) is 0.615. The molecule has 0 atom stereocenters. The summed E-state index contributed by atoms with van der Waals surface area (Å²) >= 11 is 0. The van der Waals surface area contributed by atoms with Crippen LogP contribution in [0.5, 0.6) is 0 Å². The Hall–Kier alpha value is -2.29. The van der Waals surface area contributed by atoms with Crippen molar-refractivity contribution in [3.8, 4) is 11.1 Å². The van der Waals surface area contributed by atoms with Crippen molar-refractivity contribution in [1.29, 1.82) is 0 Å². The largest absolute Gasteiger partial charge is 0.244 e. The molecule has 1 aromatic carbocycles. The zero-order chi connectivity index (χ0) is 10.8. The molecule has 3 heteroatoms. The molecule has 0 saturated carbocycles. The molecule has 0 amide bonds. The van der Waals surface area contributed by atoms with E-state index in [0.29, 0.717) is 0 Å². The van der Waals surface area contributed by atoms with E-state index in [-0.39, 0.29) is 0 Å². The van der Waals surface area contributed by atoms with Crippen molar-refractivity contribution in [2.45, 2.75) is 0 Å². The van der Waals surface area contributed by atoms with Gasteiger partial charge in [-0.15, -0.1) is 0 Å². The number of benzene rings is 1. The van der Waals surface area contributed by atoms with Crippen molar-refractivity contribution in [2.24, 2.45) is 0 Å². The molecule has 0 aliphatic rings. The van der Waals surface area contributed by atoms with Crippen LogP contribution in [-0.2, 0) is 0 Å². The SMILES string of the molecule is c1ccc(-c2cnc3ncncc3c2)cc1. The topological polar surface area (TPSA) is 38.7 Å². The highest BCUT2D eigenvalue weighted by Gasteiger charge is 2.00. The van der Waals surface area contributed by atoms with E-state index in [9.17, 15) is 0 Å². The van der Waals surface area contributed by atoms with Crippen molar-refractivity contribution in [3.05, 3.63) is 55.1 Å². The molecule has 3 nitrogen and oxygen atoms in total. The molecule has 2 aromatic heterocycles. The van der Waals surface area contributed by atoms with Crippen LogP contribution in [0.25, 0.3) is 22.2 Å². The van der Waals surface area contributed by atoms with E-state index in [4.69, 9.17) is 0 Å². The molecular weight excluding hydrogens is 198 g/mol. The molecule has 3 aromatic rings. The van der Waals surface area contributed by atoms with Crippen LogP contribution in [0.1, 0.15) is 0 Å². The van der Waals surface area contributed by atoms with Gasteiger partial charge >= 0.3 is 0 Å². The summed E-state index contributed by atoms with van der Waals surface area (Å²) in [5.41, 5.74) is 2.97. The van der Waals surface area contributed by atoms with E-state index in [1.165, 1.54) is 6.33 Å². The van der Waals surface area contributed by atoms with Gasteiger partial charge in [0.05, 0.1) is 0 Å². The summed E-state index contributed by atoms with van der Waals surface area (Å²) < 4.78 is 0. The first-order chi connectivity index (χ1) is 7.93. The number of fused-ring (bicyclic) bond motifs is 1. The first kappa shape index (κ1) is 8.97. The smallest absolute Gasteiger partial charge is 0.162 e. The molecule has 3 rings (SSSR count). The lowest BCUT2D eigenvalue weighted by molar-refractivity contribution is 1.18. The molecule has 2 heterocycles. The molecule has 0 unspecified atom stereocenters. The molecular formula is C13H9N3. The Bertz CT molecular complexity index is 620. The molecule has 0 fully saturated rings. The maximum Gasteiger partial charge on any atom is 0.162 e. The van der Waals surface area contributed by atoms with Crippen LogP contribution in [0.3, 0.4) is 0 Å². The van der Waals surface area contributed by atoms with E-state index in [1.807, 2.05) is 24.4 Å². The van der Waals surface area contributed by atoms with Gasteiger partial charge in [-0.2, -0.15) is 0 Å². The average Bonchev–Trinajstić information content (AvgIpc) is 2.39. The van der Waals surface area contributed by atoms with Gasteiger partial charge in [0.15, 0.2) is 5.65 Å². The molecule has 0 bridgehead atoms. The fourth-order valence-electron chi connectivity index (χ4n) is 1.67. The second-order valence-corrected chi connectivity index (χ2v) is 3.53. The molecule has 0 saturated heterocycles. The Morgan fingerprint density at radius 2 is 1.69 bits per heavy atom. The summed E-state index contributed by atoms with van der Waals surface area (Å²) in [6.07, 6.45) is 5.13. The molecule has 0 aliphatic heterocycles. The van der Waals surface area contributed by atoms with E-state index >= 15 is 0 Å².